The van der Waals surface area contributed by atoms with Gasteiger partial charge in [0.1, 0.15) is 6.10 Å². The Hall–Kier alpha value is 0.210. The van der Waals surface area contributed by atoms with Crippen LogP contribution in [0.2, 0.25) is 0 Å². The summed E-state index contributed by atoms with van der Waals surface area (Å²) in [6.45, 7) is 0. The molecule has 0 N–H and O–H groups in total. The van der Waals surface area contributed by atoms with E-state index >= 15 is 0 Å². The van der Waals surface area contributed by atoms with E-state index in [0.717, 1.165) is 37.0 Å². The molecule has 1 heterocycles. The van der Waals surface area contributed by atoms with Crippen molar-refractivity contribution in [2.45, 2.75) is 179 Å². The molecule has 0 bridgehead atoms. The molecule has 0 amide bonds. The second-order valence-electron chi connectivity index (χ2n) is 14.1. The summed E-state index contributed by atoms with van der Waals surface area (Å²) < 4.78 is 6.09. The zero-order chi connectivity index (χ0) is 27.3. The first-order valence-electron chi connectivity index (χ1n) is 17.6. The van der Waals surface area contributed by atoms with Gasteiger partial charge in [-0.15, -0.1) is 0 Å². The third-order valence-corrected chi connectivity index (χ3v) is 12.0. The van der Waals surface area contributed by atoms with Crippen LogP contribution in [-0.2, 0) is 9.53 Å². The molecule has 0 aromatic carbocycles. The Morgan fingerprint density at radius 2 is 0.923 bits per heavy atom. The molecule has 226 valence electrons. The molecule has 4 heteroatoms. The molecule has 39 heavy (non-hydrogen) atoms. The number of epoxide rings is 1. The van der Waals surface area contributed by atoms with Crippen molar-refractivity contribution >= 4 is 28.4 Å². The van der Waals surface area contributed by atoms with Gasteiger partial charge in [0.15, 0.2) is 5.56 Å². The molecule has 0 aromatic rings. The highest BCUT2D eigenvalue weighted by atomic mass is 35.5. The van der Waals surface area contributed by atoms with Crippen molar-refractivity contribution in [3.8, 4) is 0 Å². The van der Waals surface area contributed by atoms with Crippen molar-refractivity contribution in [1.29, 1.82) is 0 Å². The average molecular weight is 584 g/mol. The number of carbonyl (C=O) groups is 1. The molecular weight excluding hydrogens is 523 g/mol. The third-order valence-electron chi connectivity index (χ3n) is 11.4. The first-order valence-corrected chi connectivity index (χ1v) is 18.4. The summed E-state index contributed by atoms with van der Waals surface area (Å²) in [4.78, 5) is 12.6. The Morgan fingerprint density at radius 1 is 0.487 bits per heavy atom. The minimum absolute atomic E-state index is 0.0532. The fourth-order valence-corrected chi connectivity index (χ4v) is 9.50. The molecule has 4 aliphatic rings. The molecule has 6 unspecified atom stereocenters. The van der Waals surface area contributed by atoms with Crippen LogP contribution in [0.3, 0.4) is 0 Å². The molecular formula is C35H60Cl2O2. The summed E-state index contributed by atoms with van der Waals surface area (Å²) in [6.07, 6.45) is 35.0. The van der Waals surface area contributed by atoms with Crippen LogP contribution in [0.15, 0.2) is 0 Å². The van der Waals surface area contributed by atoms with E-state index < -0.39 is 0 Å². The summed E-state index contributed by atoms with van der Waals surface area (Å²) in [5.74, 6) is 3.57. The van der Waals surface area contributed by atoms with Gasteiger partial charge in [-0.25, -0.2) is 0 Å². The molecule has 0 radical (unpaired) electrons. The van der Waals surface area contributed by atoms with Crippen molar-refractivity contribution in [2.75, 3.05) is 0 Å². The van der Waals surface area contributed by atoms with Crippen LogP contribution in [0.4, 0.5) is 0 Å². The third kappa shape index (κ3) is 11.1. The van der Waals surface area contributed by atoms with E-state index in [-0.39, 0.29) is 22.8 Å². The fraction of sp³-hybridized carbons (Fsp3) is 0.971. The quantitative estimate of drug-likeness (QED) is 0.187. The number of halogens is 2. The van der Waals surface area contributed by atoms with E-state index in [9.17, 15) is 4.79 Å². The maximum Gasteiger partial charge on any atom is 0.224 e. The number of hydrogen-bond acceptors (Lipinski definition) is 2. The summed E-state index contributed by atoms with van der Waals surface area (Å²) in [5, 5.41) is -0.0676. The van der Waals surface area contributed by atoms with Crippen molar-refractivity contribution in [2.24, 2.45) is 35.5 Å². The molecule has 1 saturated heterocycles. The molecule has 1 aliphatic heterocycles. The molecule has 6 atom stereocenters. The van der Waals surface area contributed by atoms with Gasteiger partial charge in [-0.05, 0) is 73.3 Å². The normalized spacial score (nSPS) is 36.7. The van der Waals surface area contributed by atoms with Gasteiger partial charge < -0.3 is 4.74 Å². The summed E-state index contributed by atoms with van der Waals surface area (Å²) >= 11 is 12.9. The van der Waals surface area contributed by atoms with Crippen molar-refractivity contribution < 1.29 is 9.53 Å². The van der Waals surface area contributed by atoms with Crippen molar-refractivity contribution in [3.63, 3.8) is 0 Å². The highest BCUT2D eigenvalue weighted by molar-refractivity contribution is 6.63. The number of carbonyl (C=O) groups excluding carboxylic acids is 1. The number of hydrogen-bond donors (Lipinski definition) is 0. The Kier molecular flexibility index (Phi) is 14.8. The molecule has 0 aromatic heterocycles. The standard InChI is InChI=1S/C35H60Cl2O2/c36-34(38)30-22-16-17-23-31(28-20-14-10-4-1-2-5-11-15-21-28)32(33-35(37)39-33)25-24-29(26-30)27-18-12-8-6-3-7-9-13-19-27/h27-33,35H,1-26H2. The lowest BCUT2D eigenvalue weighted by Crippen LogP contribution is -2.30. The zero-order valence-corrected chi connectivity index (χ0v) is 26.6. The number of rotatable bonds is 4. The lowest BCUT2D eigenvalue weighted by molar-refractivity contribution is -0.116. The topological polar surface area (TPSA) is 29.6 Å². The Morgan fingerprint density at radius 3 is 1.41 bits per heavy atom. The molecule has 4 rings (SSSR count). The smallest absolute Gasteiger partial charge is 0.224 e. The van der Waals surface area contributed by atoms with Gasteiger partial charge in [0, 0.05) is 5.92 Å². The molecule has 4 fully saturated rings. The molecule has 0 spiro atoms. The predicted octanol–water partition coefficient (Wildman–Crippen LogP) is 11.6. The first-order chi connectivity index (χ1) is 19.1. The SMILES string of the molecule is O=C(Cl)C1CCCCC(C2CCCCCCCCCC2)C(C2OC2Cl)CCC(C2CCCCCCCCC2)C1. The van der Waals surface area contributed by atoms with E-state index in [4.69, 9.17) is 27.9 Å². The monoisotopic (exact) mass is 582 g/mol. The first kappa shape index (κ1) is 32.1. The van der Waals surface area contributed by atoms with Crippen molar-refractivity contribution in [1.82, 2.24) is 0 Å². The largest absolute Gasteiger partial charge is 0.352 e. The molecule has 2 nitrogen and oxygen atoms in total. The van der Waals surface area contributed by atoms with Crippen LogP contribution in [-0.4, -0.2) is 16.9 Å². The van der Waals surface area contributed by atoms with E-state index in [1.165, 1.54) is 148 Å². The van der Waals surface area contributed by atoms with Gasteiger partial charge in [-0.3, -0.25) is 4.79 Å². The van der Waals surface area contributed by atoms with Crippen LogP contribution >= 0.6 is 23.2 Å². The minimum Gasteiger partial charge on any atom is -0.352 e. The summed E-state index contributed by atoms with van der Waals surface area (Å²) in [6, 6.07) is 0. The number of ether oxygens (including phenoxy) is 1. The molecule has 3 saturated carbocycles. The van der Waals surface area contributed by atoms with Crippen LogP contribution in [0.1, 0.15) is 167 Å². The van der Waals surface area contributed by atoms with E-state index in [0.29, 0.717) is 11.8 Å². The second kappa shape index (κ2) is 18.0. The second-order valence-corrected chi connectivity index (χ2v) is 14.9. The van der Waals surface area contributed by atoms with Gasteiger partial charge in [-0.1, -0.05) is 146 Å². The highest BCUT2D eigenvalue weighted by Crippen LogP contribution is 2.48. The lowest BCUT2D eigenvalue weighted by atomic mass is 9.69. The average Bonchev–Trinajstić information content (AvgIpc) is 3.67. The highest BCUT2D eigenvalue weighted by Gasteiger charge is 2.48. The van der Waals surface area contributed by atoms with Crippen LogP contribution in [0, 0.1) is 35.5 Å². The zero-order valence-electron chi connectivity index (χ0n) is 25.1. The summed E-state index contributed by atoms with van der Waals surface area (Å²) in [7, 11) is 0. The summed E-state index contributed by atoms with van der Waals surface area (Å²) in [5.41, 5.74) is -0.0744. The Balaban J connectivity index is 1.52. The number of alkyl halides is 1. The minimum atomic E-state index is -0.0744. The van der Waals surface area contributed by atoms with Crippen molar-refractivity contribution in [3.05, 3.63) is 0 Å². The maximum absolute atomic E-state index is 12.6. The Bertz CT molecular complexity index is 662. The Labute approximate surface area is 251 Å². The fourth-order valence-electron chi connectivity index (χ4n) is 8.99. The van der Waals surface area contributed by atoms with E-state index in [2.05, 4.69) is 0 Å². The van der Waals surface area contributed by atoms with E-state index in [1.54, 1.807) is 0 Å². The van der Waals surface area contributed by atoms with Crippen LogP contribution in [0.5, 0.6) is 0 Å². The van der Waals surface area contributed by atoms with Gasteiger partial charge in [0.05, 0.1) is 0 Å². The molecule has 3 aliphatic carbocycles. The van der Waals surface area contributed by atoms with Gasteiger partial charge >= 0.3 is 0 Å². The van der Waals surface area contributed by atoms with Crippen LogP contribution in [0.25, 0.3) is 0 Å². The van der Waals surface area contributed by atoms with E-state index in [1.807, 2.05) is 0 Å². The van der Waals surface area contributed by atoms with Gasteiger partial charge in [0.2, 0.25) is 5.24 Å². The van der Waals surface area contributed by atoms with Gasteiger partial charge in [0.25, 0.3) is 0 Å². The van der Waals surface area contributed by atoms with Gasteiger partial charge in [-0.2, -0.15) is 0 Å². The van der Waals surface area contributed by atoms with Crippen LogP contribution < -0.4 is 0 Å². The lowest BCUT2D eigenvalue weighted by Gasteiger charge is -2.36. The predicted molar refractivity (Wildman–Crippen MR) is 166 cm³/mol. The maximum atomic E-state index is 12.6.